The molecule has 20 heavy (non-hydrogen) atoms. The molecule has 1 amide bonds. The minimum atomic E-state index is -0.737. The number of amides is 1. The Morgan fingerprint density at radius 3 is 2.65 bits per heavy atom. The van der Waals surface area contributed by atoms with Crippen molar-refractivity contribution in [3.05, 3.63) is 29.6 Å². The zero-order valence-electron chi connectivity index (χ0n) is 12.5. The summed E-state index contributed by atoms with van der Waals surface area (Å²) in [6.45, 7) is 3.58. The normalized spacial score (nSPS) is 13.7. The van der Waals surface area contributed by atoms with Gasteiger partial charge >= 0.3 is 0 Å². The number of ether oxygens (including phenoxy) is 1. The summed E-state index contributed by atoms with van der Waals surface area (Å²) in [7, 11) is 3.27. The van der Waals surface area contributed by atoms with Crippen molar-refractivity contribution >= 4 is 5.91 Å². The Labute approximate surface area is 119 Å². The molecule has 1 aromatic carbocycles. The van der Waals surface area contributed by atoms with E-state index >= 15 is 0 Å². The number of rotatable bonds is 6. The molecule has 1 aromatic rings. The molecule has 0 heterocycles. The standard InChI is InChI=1S/C15H23FN2O2/c1-5-12(17)9-11-7-6-8-13(16)14(11)20-10(2)15(19)18(3)4/h6-8,10,12H,5,9,17H2,1-4H3. The van der Waals surface area contributed by atoms with Crippen LogP contribution in [-0.4, -0.2) is 37.0 Å². The number of carbonyl (C=O) groups excluding carboxylic acids is 1. The summed E-state index contributed by atoms with van der Waals surface area (Å²) in [5.41, 5.74) is 6.60. The van der Waals surface area contributed by atoms with Crippen LogP contribution in [0.5, 0.6) is 5.75 Å². The van der Waals surface area contributed by atoms with Crippen molar-refractivity contribution in [1.29, 1.82) is 0 Å². The van der Waals surface area contributed by atoms with E-state index in [2.05, 4.69) is 0 Å². The van der Waals surface area contributed by atoms with Crippen molar-refractivity contribution in [2.75, 3.05) is 14.1 Å². The van der Waals surface area contributed by atoms with Gasteiger partial charge in [0.2, 0.25) is 0 Å². The SMILES string of the molecule is CCC(N)Cc1cccc(F)c1OC(C)C(=O)N(C)C. The molecular weight excluding hydrogens is 259 g/mol. The van der Waals surface area contributed by atoms with Crippen LogP contribution in [0.25, 0.3) is 0 Å². The number of para-hydroxylation sites is 1. The smallest absolute Gasteiger partial charge is 0.262 e. The van der Waals surface area contributed by atoms with E-state index in [1.165, 1.54) is 11.0 Å². The van der Waals surface area contributed by atoms with Gasteiger partial charge in [0, 0.05) is 20.1 Å². The van der Waals surface area contributed by atoms with Crippen molar-refractivity contribution in [2.45, 2.75) is 38.8 Å². The van der Waals surface area contributed by atoms with E-state index in [4.69, 9.17) is 10.5 Å². The molecule has 5 heteroatoms. The molecule has 0 spiro atoms. The summed E-state index contributed by atoms with van der Waals surface area (Å²) in [5.74, 6) is -0.553. The number of hydrogen-bond donors (Lipinski definition) is 1. The Bertz CT molecular complexity index is 463. The molecule has 0 radical (unpaired) electrons. The third-order valence-corrected chi connectivity index (χ3v) is 3.14. The van der Waals surface area contributed by atoms with Gasteiger partial charge in [-0.1, -0.05) is 19.1 Å². The van der Waals surface area contributed by atoms with Gasteiger partial charge in [0.1, 0.15) is 0 Å². The molecular formula is C15H23FN2O2. The highest BCUT2D eigenvalue weighted by Crippen LogP contribution is 2.25. The Morgan fingerprint density at radius 2 is 2.10 bits per heavy atom. The fourth-order valence-electron chi connectivity index (χ4n) is 1.86. The molecule has 0 saturated carbocycles. The van der Waals surface area contributed by atoms with Crippen molar-refractivity contribution in [2.24, 2.45) is 5.73 Å². The number of hydrogen-bond acceptors (Lipinski definition) is 3. The first kappa shape index (κ1) is 16.4. The lowest BCUT2D eigenvalue weighted by atomic mass is 10.0. The van der Waals surface area contributed by atoms with E-state index in [0.29, 0.717) is 12.0 Å². The minimum absolute atomic E-state index is 0.0565. The molecule has 0 bridgehead atoms. The molecule has 0 fully saturated rings. The molecule has 2 unspecified atom stereocenters. The van der Waals surface area contributed by atoms with Gasteiger partial charge in [-0.05, 0) is 31.4 Å². The molecule has 2 N–H and O–H groups in total. The fourth-order valence-corrected chi connectivity index (χ4v) is 1.86. The maximum atomic E-state index is 13.9. The summed E-state index contributed by atoms with van der Waals surface area (Å²) < 4.78 is 19.5. The number of likely N-dealkylation sites (N-methyl/N-ethyl adjacent to an activating group) is 1. The highest BCUT2D eigenvalue weighted by Gasteiger charge is 2.20. The van der Waals surface area contributed by atoms with Crippen LogP contribution in [0.4, 0.5) is 4.39 Å². The molecule has 4 nitrogen and oxygen atoms in total. The second kappa shape index (κ2) is 7.24. The first-order valence-electron chi connectivity index (χ1n) is 6.77. The average molecular weight is 282 g/mol. The van der Waals surface area contributed by atoms with Gasteiger partial charge in [-0.2, -0.15) is 0 Å². The second-order valence-corrected chi connectivity index (χ2v) is 5.09. The molecule has 1 rings (SSSR count). The number of nitrogens with zero attached hydrogens (tertiary/aromatic N) is 1. The van der Waals surface area contributed by atoms with E-state index in [-0.39, 0.29) is 17.7 Å². The monoisotopic (exact) mass is 282 g/mol. The molecule has 112 valence electrons. The van der Waals surface area contributed by atoms with Gasteiger partial charge in [0.25, 0.3) is 5.91 Å². The largest absolute Gasteiger partial charge is 0.478 e. The van der Waals surface area contributed by atoms with Crippen molar-refractivity contribution in [3.63, 3.8) is 0 Å². The van der Waals surface area contributed by atoms with Crippen molar-refractivity contribution in [3.8, 4) is 5.75 Å². The predicted octanol–water partition coefficient (Wildman–Crippen LogP) is 1.96. The maximum absolute atomic E-state index is 13.9. The topological polar surface area (TPSA) is 55.6 Å². The number of nitrogens with two attached hydrogens (primary N) is 1. The van der Waals surface area contributed by atoms with E-state index in [1.807, 2.05) is 6.92 Å². The van der Waals surface area contributed by atoms with Crippen molar-refractivity contribution < 1.29 is 13.9 Å². The third-order valence-electron chi connectivity index (χ3n) is 3.14. The summed E-state index contributed by atoms with van der Waals surface area (Å²) in [4.78, 5) is 13.2. The van der Waals surface area contributed by atoms with Gasteiger partial charge in [-0.25, -0.2) is 4.39 Å². The van der Waals surface area contributed by atoms with Gasteiger partial charge in [0.05, 0.1) is 0 Å². The van der Waals surface area contributed by atoms with E-state index in [0.717, 1.165) is 6.42 Å². The van der Waals surface area contributed by atoms with Crippen LogP contribution < -0.4 is 10.5 Å². The summed E-state index contributed by atoms with van der Waals surface area (Å²) in [6.07, 6.45) is 0.577. The summed E-state index contributed by atoms with van der Waals surface area (Å²) in [5, 5.41) is 0. The average Bonchev–Trinajstić information content (AvgIpc) is 2.41. The molecule has 0 saturated heterocycles. The summed E-state index contributed by atoms with van der Waals surface area (Å²) >= 11 is 0. The van der Waals surface area contributed by atoms with Crippen LogP contribution in [0, 0.1) is 5.82 Å². The molecule has 0 aliphatic rings. The van der Waals surface area contributed by atoms with E-state index in [1.54, 1.807) is 33.2 Å². The van der Waals surface area contributed by atoms with Crippen molar-refractivity contribution in [1.82, 2.24) is 4.90 Å². The van der Waals surface area contributed by atoms with E-state index < -0.39 is 11.9 Å². The zero-order valence-corrected chi connectivity index (χ0v) is 12.5. The Kier molecular flexibility index (Phi) is 5.95. The van der Waals surface area contributed by atoms with Crippen LogP contribution in [0.15, 0.2) is 18.2 Å². The second-order valence-electron chi connectivity index (χ2n) is 5.09. The highest BCUT2D eigenvalue weighted by molar-refractivity contribution is 5.80. The molecule has 2 atom stereocenters. The van der Waals surface area contributed by atoms with Gasteiger partial charge in [-0.15, -0.1) is 0 Å². The predicted molar refractivity (Wildman–Crippen MR) is 77.2 cm³/mol. The highest BCUT2D eigenvalue weighted by atomic mass is 19.1. The fraction of sp³-hybridized carbons (Fsp3) is 0.533. The first-order chi connectivity index (χ1) is 9.36. The van der Waals surface area contributed by atoms with Crippen LogP contribution >= 0.6 is 0 Å². The lowest BCUT2D eigenvalue weighted by Crippen LogP contribution is -2.35. The lowest BCUT2D eigenvalue weighted by Gasteiger charge is -2.21. The number of carbonyl (C=O) groups is 1. The summed E-state index contributed by atoms with van der Waals surface area (Å²) in [6, 6.07) is 4.67. The van der Waals surface area contributed by atoms with Gasteiger partial charge in [-0.3, -0.25) is 4.79 Å². The molecule has 0 aromatic heterocycles. The van der Waals surface area contributed by atoms with Crippen LogP contribution in [0.2, 0.25) is 0 Å². The quantitative estimate of drug-likeness (QED) is 0.867. The van der Waals surface area contributed by atoms with Gasteiger partial charge < -0.3 is 15.4 Å². The number of benzene rings is 1. The van der Waals surface area contributed by atoms with E-state index in [9.17, 15) is 9.18 Å². The van der Waals surface area contributed by atoms with Crippen LogP contribution in [-0.2, 0) is 11.2 Å². The molecule has 0 aliphatic carbocycles. The number of halogens is 1. The Morgan fingerprint density at radius 1 is 1.45 bits per heavy atom. The lowest BCUT2D eigenvalue weighted by molar-refractivity contribution is -0.135. The Hall–Kier alpha value is -1.62. The first-order valence-corrected chi connectivity index (χ1v) is 6.77. The van der Waals surface area contributed by atoms with Crippen LogP contribution in [0.3, 0.4) is 0 Å². The molecule has 0 aliphatic heterocycles. The third kappa shape index (κ3) is 4.20. The zero-order chi connectivity index (χ0) is 15.3. The Balaban J connectivity index is 2.95. The minimum Gasteiger partial charge on any atom is -0.478 e. The van der Waals surface area contributed by atoms with Crippen LogP contribution in [0.1, 0.15) is 25.8 Å². The van der Waals surface area contributed by atoms with Gasteiger partial charge in [0.15, 0.2) is 17.7 Å². The maximum Gasteiger partial charge on any atom is 0.262 e.